The van der Waals surface area contributed by atoms with Crippen molar-refractivity contribution in [3.05, 3.63) is 23.4 Å². The van der Waals surface area contributed by atoms with E-state index in [1.165, 1.54) is 12.0 Å². The molecular formula is C15H25N3. The lowest BCUT2D eigenvalue weighted by Crippen LogP contribution is -2.39. The van der Waals surface area contributed by atoms with E-state index in [1.807, 2.05) is 7.05 Å². The molecule has 2 rings (SSSR count). The Bertz CT molecular complexity index is 393. The summed E-state index contributed by atoms with van der Waals surface area (Å²) in [4.78, 5) is 7.21. The van der Waals surface area contributed by atoms with Crippen LogP contribution in [0.4, 0.5) is 5.82 Å². The molecule has 2 heterocycles. The highest BCUT2D eigenvalue weighted by molar-refractivity contribution is 5.42. The largest absolute Gasteiger partial charge is 0.356 e. The molecule has 1 aromatic heterocycles. The summed E-state index contributed by atoms with van der Waals surface area (Å²) in [6, 6.07) is 4.38. The fourth-order valence-corrected chi connectivity index (χ4v) is 2.98. The lowest BCUT2D eigenvalue weighted by atomic mass is 9.92. The van der Waals surface area contributed by atoms with E-state index >= 15 is 0 Å². The summed E-state index contributed by atoms with van der Waals surface area (Å²) in [5, 5.41) is 3.18. The van der Waals surface area contributed by atoms with Gasteiger partial charge in [0.15, 0.2) is 0 Å². The van der Waals surface area contributed by atoms with Crippen molar-refractivity contribution in [3.63, 3.8) is 0 Å². The quantitative estimate of drug-likeness (QED) is 0.890. The molecule has 1 fully saturated rings. The number of aromatic nitrogens is 1. The van der Waals surface area contributed by atoms with Crippen LogP contribution in [0.3, 0.4) is 0 Å². The molecule has 0 radical (unpaired) electrons. The van der Waals surface area contributed by atoms with E-state index in [0.29, 0.717) is 0 Å². The minimum absolute atomic E-state index is 0.771. The molecule has 0 spiro atoms. The zero-order chi connectivity index (χ0) is 13.1. The molecule has 0 amide bonds. The van der Waals surface area contributed by atoms with E-state index in [0.717, 1.165) is 43.0 Å². The van der Waals surface area contributed by atoms with E-state index in [-0.39, 0.29) is 0 Å². The molecule has 0 saturated carbocycles. The van der Waals surface area contributed by atoms with Gasteiger partial charge in [-0.05, 0) is 43.9 Å². The van der Waals surface area contributed by atoms with Gasteiger partial charge in [0, 0.05) is 25.3 Å². The highest BCUT2D eigenvalue weighted by atomic mass is 15.2. The number of rotatable bonds is 3. The summed E-state index contributed by atoms with van der Waals surface area (Å²) in [5.74, 6) is 2.69. The predicted molar refractivity (Wildman–Crippen MR) is 76.9 cm³/mol. The third-order valence-corrected chi connectivity index (χ3v) is 3.74. The zero-order valence-electron chi connectivity index (χ0n) is 12.0. The fourth-order valence-electron chi connectivity index (χ4n) is 2.98. The monoisotopic (exact) mass is 247 g/mol. The van der Waals surface area contributed by atoms with Crippen LogP contribution in [0.1, 0.15) is 31.5 Å². The summed E-state index contributed by atoms with van der Waals surface area (Å²) in [6.07, 6.45) is 1.34. The van der Waals surface area contributed by atoms with Gasteiger partial charge in [-0.2, -0.15) is 0 Å². The van der Waals surface area contributed by atoms with Gasteiger partial charge < -0.3 is 10.2 Å². The molecular weight excluding hydrogens is 222 g/mol. The molecule has 1 aliphatic heterocycles. The molecule has 0 bridgehead atoms. The van der Waals surface area contributed by atoms with Gasteiger partial charge >= 0.3 is 0 Å². The first kappa shape index (κ1) is 13.3. The molecule has 2 unspecified atom stereocenters. The molecule has 18 heavy (non-hydrogen) atoms. The Morgan fingerprint density at radius 3 is 2.50 bits per heavy atom. The van der Waals surface area contributed by atoms with Gasteiger partial charge in [-0.15, -0.1) is 0 Å². The summed E-state index contributed by atoms with van der Waals surface area (Å²) in [6.45, 7) is 9.96. The molecule has 2 atom stereocenters. The van der Waals surface area contributed by atoms with Crippen molar-refractivity contribution in [1.82, 2.24) is 10.3 Å². The second kappa shape index (κ2) is 5.70. The first-order chi connectivity index (χ1) is 8.60. The Morgan fingerprint density at radius 2 is 1.94 bits per heavy atom. The van der Waals surface area contributed by atoms with E-state index in [4.69, 9.17) is 4.98 Å². The van der Waals surface area contributed by atoms with Crippen molar-refractivity contribution < 1.29 is 0 Å². The number of nitrogens with zero attached hydrogens (tertiary/aromatic N) is 2. The van der Waals surface area contributed by atoms with E-state index < -0.39 is 0 Å². The van der Waals surface area contributed by atoms with Crippen molar-refractivity contribution in [2.75, 3.05) is 25.0 Å². The van der Waals surface area contributed by atoms with Crippen molar-refractivity contribution >= 4 is 5.82 Å². The van der Waals surface area contributed by atoms with Gasteiger partial charge in [0.25, 0.3) is 0 Å². The van der Waals surface area contributed by atoms with Crippen LogP contribution < -0.4 is 10.2 Å². The number of anilines is 1. The topological polar surface area (TPSA) is 28.2 Å². The lowest BCUT2D eigenvalue weighted by molar-refractivity contribution is 0.355. The third kappa shape index (κ3) is 3.02. The fraction of sp³-hybridized carbons (Fsp3) is 0.667. The average Bonchev–Trinajstić information content (AvgIpc) is 2.30. The first-order valence-electron chi connectivity index (χ1n) is 6.96. The van der Waals surface area contributed by atoms with Crippen LogP contribution in [0.25, 0.3) is 0 Å². The standard InChI is InChI=1S/C15H25N3/c1-11-7-12(2)10-18(9-11)15-6-5-14(8-16-4)13(3)17-15/h5-6,11-12,16H,7-10H2,1-4H3. The van der Waals surface area contributed by atoms with Crippen molar-refractivity contribution in [3.8, 4) is 0 Å². The van der Waals surface area contributed by atoms with Crippen LogP contribution in [-0.2, 0) is 6.54 Å². The second-order valence-corrected chi connectivity index (χ2v) is 5.80. The van der Waals surface area contributed by atoms with Crippen LogP contribution in [0.15, 0.2) is 12.1 Å². The highest BCUT2D eigenvalue weighted by Crippen LogP contribution is 2.25. The average molecular weight is 247 g/mol. The van der Waals surface area contributed by atoms with Gasteiger partial charge in [0.05, 0.1) is 0 Å². The van der Waals surface area contributed by atoms with E-state index in [1.54, 1.807) is 0 Å². The number of nitrogens with one attached hydrogen (secondary N) is 1. The molecule has 1 N–H and O–H groups in total. The van der Waals surface area contributed by atoms with E-state index in [2.05, 4.69) is 43.1 Å². The minimum Gasteiger partial charge on any atom is -0.356 e. The summed E-state index contributed by atoms with van der Waals surface area (Å²) >= 11 is 0. The number of hydrogen-bond acceptors (Lipinski definition) is 3. The molecule has 3 heteroatoms. The van der Waals surface area contributed by atoms with E-state index in [9.17, 15) is 0 Å². The highest BCUT2D eigenvalue weighted by Gasteiger charge is 2.22. The normalized spacial score (nSPS) is 24.3. The molecule has 3 nitrogen and oxygen atoms in total. The smallest absolute Gasteiger partial charge is 0.128 e. The van der Waals surface area contributed by atoms with Crippen LogP contribution in [0.2, 0.25) is 0 Å². The zero-order valence-corrected chi connectivity index (χ0v) is 12.0. The Morgan fingerprint density at radius 1 is 1.28 bits per heavy atom. The maximum atomic E-state index is 4.77. The summed E-state index contributed by atoms with van der Waals surface area (Å²) in [5.41, 5.74) is 2.44. The Hall–Kier alpha value is -1.09. The van der Waals surface area contributed by atoms with Gasteiger partial charge in [0.2, 0.25) is 0 Å². The molecule has 100 valence electrons. The summed E-state index contributed by atoms with van der Waals surface area (Å²) in [7, 11) is 1.97. The third-order valence-electron chi connectivity index (χ3n) is 3.74. The number of pyridine rings is 1. The second-order valence-electron chi connectivity index (χ2n) is 5.80. The van der Waals surface area contributed by atoms with Crippen molar-refractivity contribution in [2.45, 2.75) is 33.7 Å². The van der Waals surface area contributed by atoms with Crippen LogP contribution in [-0.4, -0.2) is 25.1 Å². The minimum atomic E-state index is 0.771. The van der Waals surface area contributed by atoms with Crippen LogP contribution >= 0.6 is 0 Å². The predicted octanol–water partition coefficient (Wildman–Crippen LogP) is 2.59. The van der Waals surface area contributed by atoms with Crippen molar-refractivity contribution in [1.29, 1.82) is 0 Å². The van der Waals surface area contributed by atoms with Gasteiger partial charge in [-0.1, -0.05) is 19.9 Å². The number of piperidine rings is 1. The van der Waals surface area contributed by atoms with Gasteiger partial charge in [0.1, 0.15) is 5.82 Å². The van der Waals surface area contributed by atoms with Gasteiger partial charge in [-0.3, -0.25) is 0 Å². The maximum Gasteiger partial charge on any atom is 0.128 e. The van der Waals surface area contributed by atoms with Crippen molar-refractivity contribution in [2.24, 2.45) is 11.8 Å². The Labute approximate surface area is 111 Å². The molecule has 1 aromatic rings. The number of hydrogen-bond donors (Lipinski definition) is 1. The molecule has 1 aliphatic rings. The Kier molecular flexibility index (Phi) is 4.23. The van der Waals surface area contributed by atoms with Crippen LogP contribution in [0.5, 0.6) is 0 Å². The summed E-state index contributed by atoms with van der Waals surface area (Å²) < 4.78 is 0. The number of aryl methyl sites for hydroxylation is 1. The Balaban J connectivity index is 2.15. The van der Waals surface area contributed by atoms with Gasteiger partial charge in [-0.25, -0.2) is 4.98 Å². The van der Waals surface area contributed by atoms with Crippen LogP contribution in [0, 0.1) is 18.8 Å². The maximum absolute atomic E-state index is 4.77. The first-order valence-corrected chi connectivity index (χ1v) is 6.96. The molecule has 0 aromatic carbocycles. The molecule has 0 aliphatic carbocycles. The molecule has 1 saturated heterocycles. The SMILES string of the molecule is CNCc1ccc(N2CC(C)CC(C)C2)nc1C. The lowest BCUT2D eigenvalue weighted by Gasteiger charge is -2.36.